The summed E-state index contributed by atoms with van der Waals surface area (Å²) < 4.78 is 0. The summed E-state index contributed by atoms with van der Waals surface area (Å²) in [7, 11) is 5.93. The van der Waals surface area contributed by atoms with Gasteiger partial charge in [-0.1, -0.05) is 0 Å². The van der Waals surface area contributed by atoms with Crippen molar-refractivity contribution in [3.8, 4) is 0 Å². The molecule has 5 nitrogen and oxygen atoms in total. The highest BCUT2D eigenvalue weighted by Crippen LogP contribution is 2.19. The number of likely N-dealkylation sites (N-methyl/N-ethyl adjacent to an activating group) is 1. The van der Waals surface area contributed by atoms with Crippen LogP contribution in [0.15, 0.2) is 18.3 Å². The number of piperidine rings is 1. The topological polar surface area (TPSA) is 48.5 Å². The molecule has 1 amide bonds. The number of aromatic nitrogens is 1. The van der Waals surface area contributed by atoms with E-state index in [-0.39, 0.29) is 5.91 Å². The van der Waals surface area contributed by atoms with E-state index in [1.165, 1.54) is 0 Å². The summed E-state index contributed by atoms with van der Waals surface area (Å²) in [4.78, 5) is 20.9. The first kappa shape index (κ1) is 13.8. The Bertz CT molecular complexity index is 447. The van der Waals surface area contributed by atoms with Crippen molar-refractivity contribution in [2.45, 2.75) is 18.9 Å². The van der Waals surface area contributed by atoms with Crippen LogP contribution in [0.4, 0.5) is 5.82 Å². The zero-order valence-corrected chi connectivity index (χ0v) is 11.9. The molecule has 1 saturated heterocycles. The minimum atomic E-state index is 0.0731. The number of hydrogen-bond acceptors (Lipinski definition) is 4. The van der Waals surface area contributed by atoms with Crippen molar-refractivity contribution < 1.29 is 4.79 Å². The fraction of sp³-hybridized carbons (Fsp3) is 0.571. The van der Waals surface area contributed by atoms with Crippen LogP contribution in [-0.4, -0.2) is 61.0 Å². The molecule has 19 heavy (non-hydrogen) atoms. The van der Waals surface area contributed by atoms with Gasteiger partial charge >= 0.3 is 0 Å². The summed E-state index contributed by atoms with van der Waals surface area (Å²) in [6.07, 6.45) is 3.91. The lowest BCUT2D eigenvalue weighted by atomic mass is 10.0. The molecule has 104 valence electrons. The molecule has 1 aliphatic rings. The van der Waals surface area contributed by atoms with E-state index in [0.29, 0.717) is 17.4 Å². The molecular formula is C14H22N4O. The molecule has 1 aromatic heterocycles. The SMILES string of the molecule is CNc1ncccc1C(=O)N1CCCC(N(C)C)C1. The average Bonchev–Trinajstić information content (AvgIpc) is 2.46. The molecule has 0 aliphatic carbocycles. The highest BCUT2D eigenvalue weighted by molar-refractivity contribution is 5.98. The molecule has 1 aliphatic heterocycles. The predicted octanol–water partition coefficient (Wildman–Crippen LogP) is 1.29. The van der Waals surface area contributed by atoms with Gasteiger partial charge in [0.15, 0.2) is 0 Å². The number of carbonyl (C=O) groups is 1. The number of nitrogens with one attached hydrogen (secondary N) is 1. The summed E-state index contributed by atoms with van der Waals surface area (Å²) >= 11 is 0. The zero-order valence-electron chi connectivity index (χ0n) is 11.9. The first-order valence-corrected chi connectivity index (χ1v) is 6.72. The lowest BCUT2D eigenvalue weighted by molar-refractivity contribution is 0.0635. The molecule has 5 heteroatoms. The summed E-state index contributed by atoms with van der Waals surface area (Å²) in [5.41, 5.74) is 0.657. The summed E-state index contributed by atoms with van der Waals surface area (Å²) in [5.74, 6) is 0.725. The molecule has 0 bridgehead atoms. The molecule has 1 atom stereocenters. The minimum absolute atomic E-state index is 0.0731. The monoisotopic (exact) mass is 262 g/mol. The Labute approximate surface area is 114 Å². The highest BCUT2D eigenvalue weighted by Gasteiger charge is 2.26. The normalized spacial score (nSPS) is 19.6. The Balaban J connectivity index is 2.15. The van der Waals surface area contributed by atoms with Crippen LogP contribution in [0.25, 0.3) is 0 Å². The van der Waals surface area contributed by atoms with Crippen LogP contribution in [0.5, 0.6) is 0 Å². The maximum absolute atomic E-state index is 12.6. The summed E-state index contributed by atoms with van der Waals surface area (Å²) in [6.45, 7) is 1.63. The third-order valence-corrected chi connectivity index (χ3v) is 3.69. The molecule has 1 fully saturated rings. The molecule has 0 aromatic carbocycles. The second-order valence-electron chi connectivity index (χ2n) is 5.16. The van der Waals surface area contributed by atoms with E-state index in [4.69, 9.17) is 0 Å². The van der Waals surface area contributed by atoms with Crippen molar-refractivity contribution in [2.75, 3.05) is 39.5 Å². The molecule has 1 unspecified atom stereocenters. The van der Waals surface area contributed by atoms with E-state index in [1.54, 1.807) is 19.3 Å². The number of hydrogen-bond donors (Lipinski definition) is 1. The predicted molar refractivity (Wildman–Crippen MR) is 76.4 cm³/mol. The Morgan fingerprint density at radius 2 is 2.32 bits per heavy atom. The minimum Gasteiger partial charge on any atom is -0.372 e. The van der Waals surface area contributed by atoms with Crippen molar-refractivity contribution in [2.24, 2.45) is 0 Å². The summed E-state index contributed by atoms with van der Waals surface area (Å²) in [6, 6.07) is 4.09. The first-order valence-electron chi connectivity index (χ1n) is 6.72. The zero-order chi connectivity index (χ0) is 13.8. The molecule has 0 radical (unpaired) electrons. The quantitative estimate of drug-likeness (QED) is 0.891. The van der Waals surface area contributed by atoms with Crippen molar-refractivity contribution in [3.05, 3.63) is 23.9 Å². The van der Waals surface area contributed by atoms with Crippen molar-refractivity contribution >= 4 is 11.7 Å². The van der Waals surface area contributed by atoms with Gasteiger partial charge in [0.2, 0.25) is 0 Å². The Morgan fingerprint density at radius 1 is 1.53 bits per heavy atom. The van der Waals surface area contributed by atoms with Gasteiger partial charge in [0.05, 0.1) is 5.56 Å². The standard InChI is InChI=1S/C14H22N4O/c1-15-13-12(7-4-8-16-13)14(19)18-9-5-6-11(10-18)17(2)3/h4,7-8,11H,5-6,9-10H2,1-3H3,(H,15,16). The number of likely N-dealkylation sites (tertiary alicyclic amines) is 1. The molecule has 2 heterocycles. The van der Waals surface area contributed by atoms with Crippen molar-refractivity contribution in [1.82, 2.24) is 14.8 Å². The van der Waals surface area contributed by atoms with Gasteiger partial charge in [-0.3, -0.25) is 4.79 Å². The van der Waals surface area contributed by atoms with Crippen molar-refractivity contribution in [3.63, 3.8) is 0 Å². The van der Waals surface area contributed by atoms with Crippen molar-refractivity contribution in [1.29, 1.82) is 0 Å². The highest BCUT2D eigenvalue weighted by atomic mass is 16.2. The third kappa shape index (κ3) is 3.04. The van der Waals surface area contributed by atoms with Gasteiger partial charge in [0, 0.05) is 32.4 Å². The van der Waals surface area contributed by atoms with Crippen LogP contribution >= 0.6 is 0 Å². The average molecular weight is 262 g/mol. The van der Waals surface area contributed by atoms with E-state index in [9.17, 15) is 4.79 Å². The molecule has 0 saturated carbocycles. The van der Waals surface area contributed by atoms with Gasteiger partial charge in [0.1, 0.15) is 5.82 Å². The van der Waals surface area contributed by atoms with Crippen LogP contribution in [0, 0.1) is 0 Å². The smallest absolute Gasteiger partial charge is 0.257 e. The Morgan fingerprint density at radius 3 is 3.00 bits per heavy atom. The van der Waals surface area contributed by atoms with Crippen LogP contribution in [0.3, 0.4) is 0 Å². The van der Waals surface area contributed by atoms with Gasteiger partial charge < -0.3 is 15.1 Å². The first-order chi connectivity index (χ1) is 9.13. The molecular weight excluding hydrogens is 240 g/mol. The second-order valence-corrected chi connectivity index (χ2v) is 5.16. The van der Waals surface area contributed by atoms with Crippen LogP contribution in [0.1, 0.15) is 23.2 Å². The van der Waals surface area contributed by atoms with Gasteiger partial charge in [-0.25, -0.2) is 4.98 Å². The number of anilines is 1. The van der Waals surface area contributed by atoms with E-state index in [1.807, 2.05) is 11.0 Å². The fourth-order valence-electron chi connectivity index (χ4n) is 2.51. The van der Waals surface area contributed by atoms with Gasteiger partial charge in [-0.15, -0.1) is 0 Å². The Hall–Kier alpha value is -1.62. The number of pyridine rings is 1. The number of carbonyl (C=O) groups excluding carboxylic acids is 1. The van der Waals surface area contributed by atoms with Gasteiger partial charge in [-0.2, -0.15) is 0 Å². The van der Waals surface area contributed by atoms with Gasteiger partial charge in [0.25, 0.3) is 5.91 Å². The number of amides is 1. The van der Waals surface area contributed by atoms with Gasteiger partial charge in [-0.05, 0) is 39.1 Å². The second kappa shape index (κ2) is 6.02. The van der Waals surface area contributed by atoms with E-state index in [2.05, 4.69) is 29.3 Å². The lowest BCUT2D eigenvalue weighted by Gasteiger charge is -2.36. The molecule has 2 rings (SSSR count). The largest absolute Gasteiger partial charge is 0.372 e. The number of nitrogens with zero attached hydrogens (tertiary/aromatic N) is 3. The van der Waals surface area contributed by atoms with Crippen LogP contribution in [-0.2, 0) is 0 Å². The van der Waals surface area contributed by atoms with E-state index >= 15 is 0 Å². The lowest BCUT2D eigenvalue weighted by Crippen LogP contribution is -2.47. The maximum atomic E-state index is 12.6. The Kier molecular flexibility index (Phi) is 4.37. The molecule has 0 spiro atoms. The maximum Gasteiger partial charge on any atom is 0.257 e. The third-order valence-electron chi connectivity index (χ3n) is 3.69. The molecule has 1 N–H and O–H groups in total. The van der Waals surface area contributed by atoms with Crippen LogP contribution in [0.2, 0.25) is 0 Å². The fourth-order valence-corrected chi connectivity index (χ4v) is 2.51. The van der Waals surface area contributed by atoms with Crippen LogP contribution < -0.4 is 5.32 Å². The number of rotatable bonds is 3. The molecule has 1 aromatic rings. The van der Waals surface area contributed by atoms with E-state index < -0.39 is 0 Å². The van der Waals surface area contributed by atoms with E-state index in [0.717, 1.165) is 25.9 Å². The summed E-state index contributed by atoms with van der Waals surface area (Å²) in [5, 5.41) is 2.98.